The van der Waals surface area contributed by atoms with Crippen LogP contribution in [0.2, 0.25) is 0 Å². The van der Waals surface area contributed by atoms with Crippen molar-refractivity contribution in [2.24, 2.45) is 0 Å². The normalized spacial score (nSPS) is 11.5. The smallest absolute Gasteiger partial charge is 0.416 e. The first-order valence-corrected chi connectivity index (χ1v) is 4.85. The lowest BCUT2D eigenvalue weighted by Gasteiger charge is -2.08. The van der Waals surface area contributed by atoms with Gasteiger partial charge in [0.05, 0.1) is 25.2 Å². The van der Waals surface area contributed by atoms with Gasteiger partial charge in [-0.1, -0.05) is 12.1 Å². The van der Waals surface area contributed by atoms with Gasteiger partial charge in [0.15, 0.2) is 0 Å². The molecule has 0 spiro atoms. The first kappa shape index (κ1) is 13.5. The van der Waals surface area contributed by atoms with Gasteiger partial charge in [-0.25, -0.2) is 0 Å². The van der Waals surface area contributed by atoms with Gasteiger partial charge in [-0.3, -0.25) is 4.79 Å². The summed E-state index contributed by atoms with van der Waals surface area (Å²) < 4.78 is 42.0. The van der Waals surface area contributed by atoms with Crippen molar-refractivity contribution in [3.05, 3.63) is 35.4 Å². The van der Waals surface area contributed by atoms with Crippen molar-refractivity contribution in [3.8, 4) is 0 Å². The molecule has 1 aromatic carbocycles. The third-order valence-corrected chi connectivity index (χ3v) is 1.98. The third-order valence-electron chi connectivity index (χ3n) is 1.98. The highest BCUT2D eigenvalue weighted by atomic mass is 19.4. The number of carboxylic acid groups (broad SMARTS) is 1. The van der Waals surface area contributed by atoms with Crippen LogP contribution < -0.4 is 0 Å². The summed E-state index contributed by atoms with van der Waals surface area (Å²) >= 11 is 0. The molecule has 17 heavy (non-hydrogen) atoms. The molecule has 0 fully saturated rings. The number of halogens is 3. The molecule has 0 amide bonds. The van der Waals surface area contributed by atoms with Crippen molar-refractivity contribution in [2.45, 2.75) is 19.2 Å². The monoisotopic (exact) mass is 248 g/mol. The topological polar surface area (TPSA) is 46.5 Å². The average Bonchev–Trinajstić information content (AvgIpc) is 2.23. The summed E-state index contributed by atoms with van der Waals surface area (Å²) in [5, 5.41) is 8.33. The highest BCUT2D eigenvalue weighted by Crippen LogP contribution is 2.29. The number of hydrogen-bond donors (Lipinski definition) is 1. The van der Waals surface area contributed by atoms with Crippen LogP contribution in [0.15, 0.2) is 24.3 Å². The lowest BCUT2D eigenvalue weighted by molar-refractivity contribution is -0.138. The summed E-state index contributed by atoms with van der Waals surface area (Å²) in [5.74, 6) is -1.01. The van der Waals surface area contributed by atoms with Crippen LogP contribution in [0, 0.1) is 0 Å². The number of alkyl halides is 3. The molecule has 0 unspecified atom stereocenters. The number of ether oxygens (including phenoxy) is 1. The Morgan fingerprint density at radius 2 is 2.06 bits per heavy atom. The molecule has 1 rings (SSSR count). The number of carboxylic acids is 1. The van der Waals surface area contributed by atoms with Crippen LogP contribution in [0.4, 0.5) is 13.2 Å². The van der Waals surface area contributed by atoms with Crippen LogP contribution in [0.5, 0.6) is 0 Å². The molecule has 0 atom stereocenters. The Hall–Kier alpha value is -1.56. The molecule has 0 bridgehead atoms. The summed E-state index contributed by atoms with van der Waals surface area (Å²) in [6.45, 7) is -0.0528. The summed E-state index contributed by atoms with van der Waals surface area (Å²) in [6.07, 6.45) is -4.55. The Morgan fingerprint density at radius 3 is 2.65 bits per heavy atom. The number of hydrogen-bond acceptors (Lipinski definition) is 2. The largest absolute Gasteiger partial charge is 0.481 e. The molecule has 0 heterocycles. The first-order valence-electron chi connectivity index (χ1n) is 4.85. The summed E-state index contributed by atoms with van der Waals surface area (Å²) in [4.78, 5) is 10.2. The van der Waals surface area contributed by atoms with E-state index in [1.807, 2.05) is 0 Å². The highest BCUT2D eigenvalue weighted by molar-refractivity contribution is 5.66. The summed E-state index contributed by atoms with van der Waals surface area (Å²) in [7, 11) is 0. The quantitative estimate of drug-likeness (QED) is 0.815. The molecule has 0 aliphatic carbocycles. The van der Waals surface area contributed by atoms with Crippen LogP contribution in [0.25, 0.3) is 0 Å². The van der Waals surface area contributed by atoms with E-state index in [0.717, 1.165) is 12.1 Å². The molecule has 0 aliphatic rings. The van der Waals surface area contributed by atoms with Crippen molar-refractivity contribution in [2.75, 3.05) is 6.61 Å². The molecule has 0 saturated carbocycles. The van der Waals surface area contributed by atoms with E-state index in [-0.39, 0.29) is 19.6 Å². The Bertz CT molecular complexity index is 388. The lowest BCUT2D eigenvalue weighted by Crippen LogP contribution is -2.06. The molecular weight excluding hydrogens is 237 g/mol. The standard InChI is InChI=1S/C11H11F3O3/c12-11(13,14)9-3-1-2-8(6-9)7-17-5-4-10(15)16/h1-3,6H,4-5,7H2,(H,15,16). The maximum Gasteiger partial charge on any atom is 0.416 e. The molecular formula is C11H11F3O3. The number of benzene rings is 1. The lowest BCUT2D eigenvalue weighted by atomic mass is 10.1. The maximum atomic E-state index is 12.3. The Morgan fingerprint density at radius 1 is 1.35 bits per heavy atom. The van der Waals surface area contributed by atoms with E-state index in [9.17, 15) is 18.0 Å². The zero-order valence-electron chi connectivity index (χ0n) is 8.83. The van der Waals surface area contributed by atoms with Gasteiger partial charge in [-0.15, -0.1) is 0 Å². The zero-order chi connectivity index (χ0) is 12.9. The van der Waals surface area contributed by atoms with Gasteiger partial charge >= 0.3 is 12.1 Å². The number of carbonyl (C=O) groups is 1. The van der Waals surface area contributed by atoms with Crippen LogP contribution in [0.1, 0.15) is 17.5 Å². The second-order valence-corrected chi connectivity index (χ2v) is 3.39. The molecule has 1 N–H and O–H groups in total. The van der Waals surface area contributed by atoms with Gasteiger partial charge in [-0.05, 0) is 17.7 Å². The maximum absolute atomic E-state index is 12.3. The van der Waals surface area contributed by atoms with Crippen molar-refractivity contribution < 1.29 is 27.8 Å². The molecule has 6 heteroatoms. The Balaban J connectivity index is 2.52. The second kappa shape index (κ2) is 5.67. The SMILES string of the molecule is O=C(O)CCOCc1cccc(C(F)(F)F)c1. The van der Waals surface area contributed by atoms with Gasteiger partial charge in [0.1, 0.15) is 0 Å². The fourth-order valence-electron chi connectivity index (χ4n) is 1.19. The van der Waals surface area contributed by atoms with E-state index in [0.29, 0.717) is 5.56 Å². The zero-order valence-corrected chi connectivity index (χ0v) is 8.83. The number of aliphatic carboxylic acids is 1. The van der Waals surface area contributed by atoms with Gasteiger partial charge in [0.25, 0.3) is 0 Å². The van der Waals surface area contributed by atoms with Gasteiger partial charge in [0.2, 0.25) is 0 Å². The predicted octanol–water partition coefficient (Wildman–Crippen LogP) is 2.70. The highest BCUT2D eigenvalue weighted by Gasteiger charge is 2.30. The van der Waals surface area contributed by atoms with E-state index < -0.39 is 17.7 Å². The van der Waals surface area contributed by atoms with Crippen LogP contribution in [0.3, 0.4) is 0 Å². The fraction of sp³-hybridized carbons (Fsp3) is 0.364. The molecule has 0 saturated heterocycles. The summed E-state index contributed by atoms with van der Waals surface area (Å²) in [6, 6.07) is 4.75. The minimum Gasteiger partial charge on any atom is -0.481 e. The average molecular weight is 248 g/mol. The van der Waals surface area contributed by atoms with Crippen LogP contribution >= 0.6 is 0 Å². The van der Waals surface area contributed by atoms with E-state index in [1.165, 1.54) is 12.1 Å². The fourth-order valence-corrected chi connectivity index (χ4v) is 1.19. The Labute approximate surface area is 95.8 Å². The van der Waals surface area contributed by atoms with E-state index in [1.54, 1.807) is 0 Å². The minimum absolute atomic E-state index is 0.0222. The molecule has 0 aliphatic heterocycles. The minimum atomic E-state index is -4.38. The van der Waals surface area contributed by atoms with E-state index >= 15 is 0 Å². The van der Waals surface area contributed by atoms with Crippen molar-refractivity contribution >= 4 is 5.97 Å². The molecule has 94 valence electrons. The third kappa shape index (κ3) is 4.86. The second-order valence-electron chi connectivity index (χ2n) is 3.39. The van der Waals surface area contributed by atoms with Crippen LogP contribution in [-0.4, -0.2) is 17.7 Å². The molecule has 0 aromatic heterocycles. The molecule has 0 radical (unpaired) electrons. The van der Waals surface area contributed by atoms with Crippen molar-refractivity contribution in [3.63, 3.8) is 0 Å². The predicted molar refractivity (Wildman–Crippen MR) is 53.4 cm³/mol. The molecule has 3 nitrogen and oxygen atoms in total. The van der Waals surface area contributed by atoms with Gasteiger partial charge in [-0.2, -0.15) is 13.2 Å². The van der Waals surface area contributed by atoms with Crippen molar-refractivity contribution in [1.29, 1.82) is 0 Å². The molecule has 1 aromatic rings. The summed E-state index contributed by atoms with van der Waals surface area (Å²) in [5.41, 5.74) is -0.373. The van der Waals surface area contributed by atoms with E-state index in [4.69, 9.17) is 9.84 Å². The van der Waals surface area contributed by atoms with E-state index in [2.05, 4.69) is 0 Å². The van der Waals surface area contributed by atoms with Gasteiger partial charge < -0.3 is 9.84 Å². The Kier molecular flexibility index (Phi) is 4.51. The van der Waals surface area contributed by atoms with Crippen molar-refractivity contribution in [1.82, 2.24) is 0 Å². The van der Waals surface area contributed by atoms with Crippen LogP contribution in [-0.2, 0) is 22.3 Å². The number of rotatable bonds is 5. The van der Waals surface area contributed by atoms with Gasteiger partial charge in [0, 0.05) is 0 Å². The first-order chi connectivity index (χ1) is 7.89.